The number of rotatable bonds is 3. The van der Waals surface area contributed by atoms with E-state index in [-0.39, 0.29) is 10.7 Å². The molecule has 27 heavy (non-hydrogen) atoms. The van der Waals surface area contributed by atoms with Gasteiger partial charge in [0.2, 0.25) is 4.96 Å². The molecule has 2 N–H and O–H groups in total. The standard InChI is InChI=1S/C17H12ClN5O2S2/c1-2-12-22-23-11(7-10-14(24)20-16(26)21-15(10)25)13(19-17(23)27-12)8-3-5-9(18)6-4-8/h3-7H,2H2,1H3,(H2,20,21,24,25,26). The number of fused-ring (bicyclic) bond motifs is 1. The Kier molecular flexibility index (Phi) is 4.50. The predicted molar refractivity (Wildman–Crippen MR) is 108 cm³/mol. The van der Waals surface area contributed by atoms with Crippen molar-refractivity contribution in [3.8, 4) is 11.3 Å². The molecule has 1 saturated heterocycles. The second-order valence-corrected chi connectivity index (χ2v) is 7.58. The lowest BCUT2D eigenvalue weighted by Crippen LogP contribution is -2.51. The Labute approximate surface area is 168 Å². The minimum absolute atomic E-state index is 0.0135. The number of amides is 2. The van der Waals surface area contributed by atoms with Crippen LogP contribution < -0.4 is 10.6 Å². The van der Waals surface area contributed by atoms with E-state index in [1.165, 1.54) is 17.4 Å². The first-order chi connectivity index (χ1) is 13.0. The smallest absolute Gasteiger partial charge is 0.263 e. The summed E-state index contributed by atoms with van der Waals surface area (Å²) in [5.41, 5.74) is 1.88. The van der Waals surface area contributed by atoms with Crippen LogP contribution in [0.25, 0.3) is 22.3 Å². The van der Waals surface area contributed by atoms with Crippen molar-refractivity contribution in [1.82, 2.24) is 25.2 Å². The molecule has 1 aliphatic heterocycles. The number of aryl methyl sites for hydroxylation is 1. The molecular formula is C17H12ClN5O2S2. The molecule has 136 valence electrons. The molecule has 7 nitrogen and oxygen atoms in total. The number of carbonyl (C=O) groups is 2. The number of nitrogens with zero attached hydrogens (tertiary/aromatic N) is 3. The number of imidazole rings is 1. The van der Waals surface area contributed by atoms with E-state index in [0.29, 0.717) is 21.4 Å². The Balaban J connectivity index is 1.92. The Morgan fingerprint density at radius 2 is 1.89 bits per heavy atom. The zero-order valence-corrected chi connectivity index (χ0v) is 16.3. The molecule has 2 aromatic heterocycles. The van der Waals surface area contributed by atoms with Gasteiger partial charge in [-0.25, -0.2) is 9.50 Å². The van der Waals surface area contributed by atoms with Crippen molar-refractivity contribution in [1.29, 1.82) is 0 Å². The van der Waals surface area contributed by atoms with Crippen LogP contribution in [0.1, 0.15) is 17.6 Å². The van der Waals surface area contributed by atoms with E-state index in [9.17, 15) is 9.59 Å². The maximum absolute atomic E-state index is 12.2. The number of benzene rings is 1. The molecule has 1 aliphatic rings. The van der Waals surface area contributed by atoms with Crippen molar-refractivity contribution >= 4 is 63.1 Å². The molecule has 0 radical (unpaired) electrons. The highest BCUT2D eigenvalue weighted by Gasteiger charge is 2.27. The lowest BCUT2D eigenvalue weighted by Gasteiger charge is -2.16. The van der Waals surface area contributed by atoms with Gasteiger partial charge in [0, 0.05) is 10.6 Å². The van der Waals surface area contributed by atoms with E-state index in [1.54, 1.807) is 16.6 Å². The Morgan fingerprint density at radius 1 is 1.22 bits per heavy atom. The molecule has 3 aromatic rings. The summed E-state index contributed by atoms with van der Waals surface area (Å²) in [5, 5.41) is 10.9. The van der Waals surface area contributed by atoms with Crippen LogP contribution in [0.3, 0.4) is 0 Å². The van der Waals surface area contributed by atoms with Gasteiger partial charge >= 0.3 is 0 Å². The summed E-state index contributed by atoms with van der Waals surface area (Å²) in [6.07, 6.45) is 2.24. The van der Waals surface area contributed by atoms with Gasteiger partial charge in [0.1, 0.15) is 10.6 Å². The fraction of sp³-hybridized carbons (Fsp3) is 0.118. The first-order valence-electron chi connectivity index (χ1n) is 7.99. The summed E-state index contributed by atoms with van der Waals surface area (Å²) >= 11 is 12.3. The van der Waals surface area contributed by atoms with Crippen LogP contribution in [0, 0.1) is 0 Å². The average molecular weight is 418 g/mol. The molecule has 0 spiro atoms. The van der Waals surface area contributed by atoms with E-state index in [0.717, 1.165) is 17.0 Å². The van der Waals surface area contributed by atoms with Crippen molar-refractivity contribution in [2.45, 2.75) is 13.3 Å². The zero-order chi connectivity index (χ0) is 19.1. The van der Waals surface area contributed by atoms with E-state index in [4.69, 9.17) is 23.8 Å². The summed E-state index contributed by atoms with van der Waals surface area (Å²) in [4.78, 5) is 29.8. The molecule has 0 aliphatic carbocycles. The Bertz CT molecular complexity index is 1110. The predicted octanol–water partition coefficient (Wildman–Crippen LogP) is 2.59. The van der Waals surface area contributed by atoms with Gasteiger partial charge in [-0.1, -0.05) is 42.0 Å². The van der Waals surface area contributed by atoms with Gasteiger partial charge in [-0.3, -0.25) is 20.2 Å². The van der Waals surface area contributed by atoms with Crippen LogP contribution in [0.2, 0.25) is 5.02 Å². The van der Waals surface area contributed by atoms with Crippen molar-refractivity contribution in [3.63, 3.8) is 0 Å². The van der Waals surface area contributed by atoms with Crippen LogP contribution in [0.4, 0.5) is 0 Å². The lowest BCUT2D eigenvalue weighted by atomic mass is 10.1. The summed E-state index contributed by atoms with van der Waals surface area (Å²) in [7, 11) is 0. The maximum atomic E-state index is 12.2. The average Bonchev–Trinajstić information content (AvgIpc) is 3.17. The summed E-state index contributed by atoms with van der Waals surface area (Å²) in [5.74, 6) is -1.13. The first-order valence-corrected chi connectivity index (χ1v) is 9.59. The third-order valence-electron chi connectivity index (χ3n) is 3.92. The van der Waals surface area contributed by atoms with Crippen LogP contribution in [0.5, 0.6) is 0 Å². The van der Waals surface area contributed by atoms with Gasteiger partial charge in [-0.15, -0.1) is 0 Å². The second-order valence-electron chi connectivity index (χ2n) is 5.69. The second kappa shape index (κ2) is 6.84. The quantitative estimate of drug-likeness (QED) is 0.388. The molecule has 1 fully saturated rings. The summed E-state index contributed by atoms with van der Waals surface area (Å²) in [6.45, 7) is 2.00. The van der Waals surface area contributed by atoms with Crippen LogP contribution in [0.15, 0.2) is 29.8 Å². The topological polar surface area (TPSA) is 88.4 Å². The van der Waals surface area contributed by atoms with E-state index < -0.39 is 11.8 Å². The number of halogens is 1. The zero-order valence-electron chi connectivity index (χ0n) is 13.9. The van der Waals surface area contributed by atoms with Gasteiger partial charge in [0.15, 0.2) is 5.11 Å². The van der Waals surface area contributed by atoms with E-state index >= 15 is 0 Å². The normalized spacial score (nSPS) is 14.4. The molecule has 3 heterocycles. The van der Waals surface area contributed by atoms with Gasteiger partial charge in [-0.05, 0) is 36.8 Å². The van der Waals surface area contributed by atoms with Crippen LogP contribution in [-0.2, 0) is 16.0 Å². The highest BCUT2D eigenvalue weighted by Crippen LogP contribution is 2.30. The van der Waals surface area contributed by atoms with Gasteiger partial charge < -0.3 is 0 Å². The minimum Gasteiger partial charge on any atom is -0.299 e. The molecule has 10 heteroatoms. The van der Waals surface area contributed by atoms with Crippen molar-refractivity contribution in [3.05, 3.63) is 45.6 Å². The number of thiocarbonyl (C=S) groups is 1. The Morgan fingerprint density at radius 3 is 2.52 bits per heavy atom. The number of hydrogen-bond acceptors (Lipinski definition) is 6. The van der Waals surface area contributed by atoms with Crippen LogP contribution in [-0.4, -0.2) is 31.5 Å². The number of carbonyl (C=O) groups excluding carboxylic acids is 2. The Hall–Kier alpha value is -2.62. The van der Waals surface area contributed by atoms with Crippen molar-refractivity contribution in [2.24, 2.45) is 0 Å². The van der Waals surface area contributed by atoms with Gasteiger partial charge in [0.05, 0.1) is 11.4 Å². The molecule has 0 saturated carbocycles. The van der Waals surface area contributed by atoms with Crippen molar-refractivity contribution in [2.75, 3.05) is 0 Å². The fourth-order valence-corrected chi connectivity index (χ4v) is 3.79. The van der Waals surface area contributed by atoms with Crippen molar-refractivity contribution < 1.29 is 9.59 Å². The monoisotopic (exact) mass is 417 g/mol. The lowest BCUT2D eigenvalue weighted by molar-refractivity contribution is -0.123. The SMILES string of the molecule is CCc1nn2c(C=C3C(=O)NC(=S)NC3=O)c(-c3ccc(Cl)cc3)nc2s1. The number of hydrogen-bond donors (Lipinski definition) is 2. The third kappa shape index (κ3) is 3.25. The molecule has 0 atom stereocenters. The van der Waals surface area contributed by atoms with E-state index in [1.807, 2.05) is 19.1 Å². The minimum atomic E-state index is -0.563. The summed E-state index contributed by atoms with van der Waals surface area (Å²) in [6, 6.07) is 7.16. The first kappa shape index (κ1) is 17.8. The number of nitrogens with one attached hydrogen (secondary N) is 2. The molecule has 0 unspecified atom stereocenters. The van der Waals surface area contributed by atoms with Crippen LogP contribution >= 0.6 is 35.2 Å². The largest absolute Gasteiger partial charge is 0.299 e. The third-order valence-corrected chi connectivity index (χ3v) is 5.43. The highest BCUT2D eigenvalue weighted by atomic mass is 35.5. The van der Waals surface area contributed by atoms with E-state index in [2.05, 4.69) is 20.7 Å². The molecule has 1 aromatic carbocycles. The fourth-order valence-electron chi connectivity index (χ4n) is 2.64. The molecule has 0 bridgehead atoms. The highest BCUT2D eigenvalue weighted by molar-refractivity contribution is 7.80. The molecule has 4 rings (SSSR count). The summed E-state index contributed by atoms with van der Waals surface area (Å²) < 4.78 is 1.65. The van der Waals surface area contributed by atoms with Gasteiger partial charge in [-0.2, -0.15) is 5.10 Å². The molecular weight excluding hydrogens is 406 g/mol. The maximum Gasteiger partial charge on any atom is 0.263 e. The number of aromatic nitrogens is 3. The van der Waals surface area contributed by atoms with Gasteiger partial charge in [0.25, 0.3) is 11.8 Å². The molecule has 2 amide bonds.